The van der Waals surface area contributed by atoms with Gasteiger partial charge in [0.15, 0.2) is 0 Å². The van der Waals surface area contributed by atoms with Crippen LogP contribution < -0.4 is 10.2 Å². The standard InChI is InChI=1S/C13H16N4O2S/c18-10-1-3-11(4-2-10)20-9-12-15-13(16-19-12)17-7-5-14-6-8-17/h1-4,14,18H,5-9H2. The minimum absolute atomic E-state index is 0.271. The normalized spacial score (nSPS) is 15.5. The van der Waals surface area contributed by atoms with Gasteiger partial charge in [0.25, 0.3) is 5.95 Å². The predicted molar refractivity (Wildman–Crippen MR) is 77.0 cm³/mol. The molecule has 106 valence electrons. The second-order valence-electron chi connectivity index (χ2n) is 4.51. The van der Waals surface area contributed by atoms with Crippen molar-refractivity contribution in [3.63, 3.8) is 0 Å². The first-order valence-electron chi connectivity index (χ1n) is 6.51. The molecule has 3 rings (SSSR count). The molecule has 1 fully saturated rings. The molecule has 0 aliphatic carbocycles. The number of nitrogens with zero attached hydrogens (tertiary/aromatic N) is 3. The molecule has 2 aromatic rings. The molecule has 7 heteroatoms. The minimum atomic E-state index is 0.271. The van der Waals surface area contributed by atoms with Gasteiger partial charge in [-0.15, -0.1) is 11.8 Å². The predicted octanol–water partition coefficient (Wildman–Crippen LogP) is 1.48. The molecule has 0 radical (unpaired) electrons. The SMILES string of the molecule is Oc1ccc(SCc2nc(N3CCNCC3)no2)cc1. The number of anilines is 1. The first-order chi connectivity index (χ1) is 9.81. The number of hydrogen-bond acceptors (Lipinski definition) is 7. The Hall–Kier alpha value is -1.73. The highest BCUT2D eigenvalue weighted by Crippen LogP contribution is 2.24. The van der Waals surface area contributed by atoms with Crippen molar-refractivity contribution < 1.29 is 9.63 Å². The summed E-state index contributed by atoms with van der Waals surface area (Å²) >= 11 is 1.60. The molecule has 20 heavy (non-hydrogen) atoms. The molecule has 0 saturated carbocycles. The lowest BCUT2D eigenvalue weighted by molar-refractivity contribution is 0.388. The molecule has 2 N–H and O–H groups in total. The summed E-state index contributed by atoms with van der Waals surface area (Å²) in [6.45, 7) is 3.71. The van der Waals surface area contributed by atoms with Crippen molar-refractivity contribution in [2.45, 2.75) is 10.6 Å². The fraction of sp³-hybridized carbons (Fsp3) is 0.385. The second kappa shape index (κ2) is 6.15. The molecule has 1 aliphatic heterocycles. The lowest BCUT2D eigenvalue weighted by atomic mass is 10.3. The van der Waals surface area contributed by atoms with E-state index in [9.17, 15) is 5.11 Å². The number of thioether (sulfide) groups is 1. The van der Waals surface area contributed by atoms with Gasteiger partial charge in [-0.1, -0.05) is 0 Å². The van der Waals surface area contributed by atoms with E-state index in [1.54, 1.807) is 23.9 Å². The van der Waals surface area contributed by atoms with Crippen LogP contribution >= 0.6 is 11.8 Å². The highest BCUT2D eigenvalue weighted by atomic mass is 32.2. The third-order valence-electron chi connectivity index (χ3n) is 3.06. The Kier molecular flexibility index (Phi) is 4.08. The van der Waals surface area contributed by atoms with Gasteiger partial charge in [0.05, 0.1) is 5.75 Å². The Bertz CT molecular complexity index is 552. The Morgan fingerprint density at radius 3 is 2.75 bits per heavy atom. The minimum Gasteiger partial charge on any atom is -0.508 e. The molecule has 1 aromatic carbocycles. The number of benzene rings is 1. The van der Waals surface area contributed by atoms with Crippen LogP contribution in [0.25, 0.3) is 0 Å². The molecule has 6 nitrogen and oxygen atoms in total. The smallest absolute Gasteiger partial charge is 0.266 e. The van der Waals surface area contributed by atoms with Gasteiger partial charge in [0.1, 0.15) is 5.75 Å². The molecule has 0 atom stereocenters. The maximum absolute atomic E-state index is 9.23. The van der Waals surface area contributed by atoms with Crippen molar-refractivity contribution >= 4 is 17.7 Å². The quantitative estimate of drug-likeness (QED) is 0.827. The van der Waals surface area contributed by atoms with Gasteiger partial charge in [-0.05, 0) is 29.4 Å². The number of aromatic nitrogens is 2. The fourth-order valence-electron chi connectivity index (χ4n) is 1.99. The summed E-state index contributed by atoms with van der Waals surface area (Å²) in [5.74, 6) is 2.20. The maximum Gasteiger partial charge on any atom is 0.266 e. The van der Waals surface area contributed by atoms with Gasteiger partial charge in [0.2, 0.25) is 5.89 Å². The Morgan fingerprint density at radius 1 is 1.25 bits per heavy atom. The van der Waals surface area contributed by atoms with Crippen LogP contribution in [0.4, 0.5) is 5.95 Å². The molecule has 0 amide bonds. The van der Waals surface area contributed by atoms with Crippen LogP contribution in [-0.2, 0) is 5.75 Å². The first-order valence-corrected chi connectivity index (χ1v) is 7.50. The largest absolute Gasteiger partial charge is 0.508 e. The van der Waals surface area contributed by atoms with Crippen LogP contribution in [0.15, 0.2) is 33.7 Å². The van der Waals surface area contributed by atoms with Crippen molar-refractivity contribution in [2.75, 3.05) is 31.1 Å². The average molecular weight is 292 g/mol. The third kappa shape index (κ3) is 3.23. The number of nitrogens with one attached hydrogen (secondary N) is 1. The van der Waals surface area contributed by atoms with Gasteiger partial charge in [-0.2, -0.15) is 4.98 Å². The molecule has 1 aromatic heterocycles. The van der Waals surface area contributed by atoms with Gasteiger partial charge < -0.3 is 19.8 Å². The highest BCUT2D eigenvalue weighted by molar-refractivity contribution is 7.98. The maximum atomic E-state index is 9.23. The van der Waals surface area contributed by atoms with Gasteiger partial charge in [-0.3, -0.25) is 0 Å². The van der Waals surface area contributed by atoms with Crippen LogP contribution in [-0.4, -0.2) is 41.4 Å². The van der Waals surface area contributed by atoms with Crippen LogP contribution in [0.5, 0.6) is 5.75 Å². The molecule has 1 aliphatic rings. The lowest BCUT2D eigenvalue weighted by Crippen LogP contribution is -2.44. The summed E-state index contributed by atoms with van der Waals surface area (Å²) in [5, 5.41) is 16.5. The first kappa shape index (κ1) is 13.3. The van der Waals surface area contributed by atoms with E-state index in [1.807, 2.05) is 12.1 Å². The van der Waals surface area contributed by atoms with E-state index in [4.69, 9.17) is 4.52 Å². The number of rotatable bonds is 4. The zero-order valence-electron chi connectivity index (χ0n) is 11.0. The summed E-state index contributed by atoms with van der Waals surface area (Å²) in [5.41, 5.74) is 0. The van der Waals surface area contributed by atoms with Crippen molar-refractivity contribution in [3.8, 4) is 5.75 Å². The number of aromatic hydroxyl groups is 1. The molecular formula is C13H16N4O2S. The van der Waals surface area contributed by atoms with E-state index in [-0.39, 0.29) is 5.75 Å². The van der Waals surface area contributed by atoms with Crippen LogP contribution in [0, 0.1) is 0 Å². The van der Waals surface area contributed by atoms with Crippen molar-refractivity contribution in [3.05, 3.63) is 30.2 Å². The van der Waals surface area contributed by atoms with E-state index in [1.165, 1.54) is 0 Å². The van der Waals surface area contributed by atoms with Crippen molar-refractivity contribution in [2.24, 2.45) is 0 Å². The lowest BCUT2D eigenvalue weighted by Gasteiger charge is -2.25. The zero-order valence-corrected chi connectivity index (χ0v) is 11.8. The Morgan fingerprint density at radius 2 is 2.00 bits per heavy atom. The second-order valence-corrected chi connectivity index (χ2v) is 5.56. The molecule has 0 spiro atoms. The monoisotopic (exact) mass is 292 g/mol. The van der Waals surface area contributed by atoms with Crippen LogP contribution in [0.1, 0.15) is 5.89 Å². The van der Waals surface area contributed by atoms with E-state index in [2.05, 4.69) is 20.4 Å². The fourth-order valence-corrected chi connectivity index (χ4v) is 2.72. The van der Waals surface area contributed by atoms with Gasteiger partial charge in [0, 0.05) is 31.1 Å². The number of piperazine rings is 1. The van der Waals surface area contributed by atoms with Crippen LogP contribution in [0.2, 0.25) is 0 Å². The zero-order chi connectivity index (χ0) is 13.8. The number of phenolic OH excluding ortho intramolecular Hbond substituents is 1. The van der Waals surface area contributed by atoms with E-state index >= 15 is 0 Å². The molecular weight excluding hydrogens is 276 g/mol. The summed E-state index contributed by atoms with van der Waals surface area (Å²) in [7, 11) is 0. The molecule has 2 heterocycles. The summed E-state index contributed by atoms with van der Waals surface area (Å²) in [4.78, 5) is 7.60. The van der Waals surface area contributed by atoms with Crippen molar-refractivity contribution in [1.82, 2.24) is 15.5 Å². The molecule has 0 unspecified atom stereocenters. The van der Waals surface area contributed by atoms with Gasteiger partial charge >= 0.3 is 0 Å². The Labute approximate surface area is 121 Å². The highest BCUT2D eigenvalue weighted by Gasteiger charge is 2.16. The van der Waals surface area contributed by atoms with Crippen LogP contribution in [0.3, 0.4) is 0 Å². The van der Waals surface area contributed by atoms with E-state index in [0.717, 1.165) is 31.1 Å². The number of phenols is 1. The van der Waals surface area contributed by atoms with E-state index < -0.39 is 0 Å². The molecule has 0 bridgehead atoms. The van der Waals surface area contributed by atoms with E-state index in [0.29, 0.717) is 17.6 Å². The van der Waals surface area contributed by atoms with Crippen molar-refractivity contribution in [1.29, 1.82) is 0 Å². The Balaban J connectivity index is 1.58. The van der Waals surface area contributed by atoms with Gasteiger partial charge in [-0.25, -0.2) is 0 Å². The third-order valence-corrected chi connectivity index (χ3v) is 4.05. The average Bonchev–Trinajstić information content (AvgIpc) is 2.97. The summed E-state index contributed by atoms with van der Waals surface area (Å²) < 4.78 is 5.27. The molecule has 1 saturated heterocycles. The summed E-state index contributed by atoms with van der Waals surface area (Å²) in [6, 6.07) is 7.08. The topological polar surface area (TPSA) is 74.4 Å². The number of hydrogen-bond donors (Lipinski definition) is 2. The summed E-state index contributed by atoms with van der Waals surface area (Å²) in [6.07, 6.45) is 0.